The van der Waals surface area contributed by atoms with Gasteiger partial charge in [-0.25, -0.2) is 4.98 Å². The van der Waals surface area contributed by atoms with Crippen LogP contribution in [0.15, 0.2) is 24.3 Å². The lowest BCUT2D eigenvalue weighted by Crippen LogP contribution is -2.25. The second-order valence-corrected chi connectivity index (χ2v) is 4.89. The Kier molecular flexibility index (Phi) is 3.31. The number of aromatic nitrogens is 2. The normalized spacial score (nSPS) is 13.9. The monoisotopic (exact) mass is 273 g/mol. The number of ether oxygens (including phenoxy) is 1. The molecular formula is C14H15N3OS. The molecule has 1 aromatic carbocycles. The zero-order chi connectivity index (χ0) is 13.2. The fourth-order valence-electron chi connectivity index (χ4n) is 2.25. The molecule has 0 atom stereocenters. The number of nitrogens with zero attached hydrogens (tertiary/aromatic N) is 1. The molecule has 19 heavy (non-hydrogen) atoms. The molecule has 98 valence electrons. The van der Waals surface area contributed by atoms with Crippen molar-refractivity contribution >= 4 is 12.2 Å². The highest BCUT2D eigenvalue weighted by Crippen LogP contribution is 2.21. The van der Waals surface area contributed by atoms with Crippen LogP contribution in [0.4, 0.5) is 0 Å². The molecular weight excluding hydrogens is 258 g/mol. The summed E-state index contributed by atoms with van der Waals surface area (Å²) in [5.41, 5.74) is 3.34. The van der Waals surface area contributed by atoms with E-state index in [1.807, 2.05) is 24.3 Å². The lowest BCUT2D eigenvalue weighted by Gasteiger charge is -2.17. The van der Waals surface area contributed by atoms with Gasteiger partial charge in [0.05, 0.1) is 7.11 Å². The standard InChI is InChI=1S/C14H15N3OS/c1-18-10-4-2-9(3-5-10)13-16-12-6-7-15-8-11(12)14(19)17-13/h2-5,15H,6-8H2,1H3,(H,16,17,19). The van der Waals surface area contributed by atoms with Gasteiger partial charge in [0, 0.05) is 36.3 Å². The third-order valence-electron chi connectivity index (χ3n) is 3.32. The molecule has 1 aliphatic heterocycles. The van der Waals surface area contributed by atoms with Crippen LogP contribution in [-0.2, 0) is 13.0 Å². The van der Waals surface area contributed by atoms with Gasteiger partial charge in [-0.2, -0.15) is 0 Å². The van der Waals surface area contributed by atoms with Crippen molar-refractivity contribution in [1.82, 2.24) is 15.3 Å². The number of hydrogen-bond acceptors (Lipinski definition) is 4. The number of methoxy groups -OCH3 is 1. The predicted molar refractivity (Wildman–Crippen MR) is 76.8 cm³/mol. The van der Waals surface area contributed by atoms with Crippen LogP contribution in [0.1, 0.15) is 11.3 Å². The number of fused-ring (bicyclic) bond motifs is 1. The second-order valence-electron chi connectivity index (χ2n) is 4.50. The van der Waals surface area contributed by atoms with Gasteiger partial charge in [0.25, 0.3) is 0 Å². The maximum atomic E-state index is 5.38. The second kappa shape index (κ2) is 5.11. The van der Waals surface area contributed by atoms with Crippen molar-refractivity contribution in [2.75, 3.05) is 13.7 Å². The predicted octanol–water partition coefficient (Wildman–Crippen LogP) is 2.46. The lowest BCUT2D eigenvalue weighted by atomic mass is 10.1. The summed E-state index contributed by atoms with van der Waals surface area (Å²) in [5.74, 6) is 1.66. The fourth-order valence-corrected chi connectivity index (χ4v) is 2.54. The van der Waals surface area contributed by atoms with E-state index in [1.165, 1.54) is 5.69 Å². The average molecular weight is 273 g/mol. The Morgan fingerprint density at radius 2 is 2.05 bits per heavy atom. The summed E-state index contributed by atoms with van der Waals surface area (Å²) < 4.78 is 5.85. The Bertz CT molecular complexity index is 649. The Morgan fingerprint density at radius 1 is 1.26 bits per heavy atom. The third kappa shape index (κ3) is 2.39. The van der Waals surface area contributed by atoms with Crippen molar-refractivity contribution in [2.45, 2.75) is 13.0 Å². The molecule has 0 aliphatic carbocycles. The Morgan fingerprint density at radius 3 is 2.79 bits per heavy atom. The molecule has 1 aromatic heterocycles. The van der Waals surface area contributed by atoms with Crippen molar-refractivity contribution in [2.24, 2.45) is 0 Å². The lowest BCUT2D eigenvalue weighted by molar-refractivity contribution is 0.415. The van der Waals surface area contributed by atoms with Crippen molar-refractivity contribution < 1.29 is 4.74 Å². The molecule has 1 aliphatic rings. The summed E-state index contributed by atoms with van der Waals surface area (Å²) in [6.45, 7) is 1.78. The minimum atomic E-state index is 0.687. The van der Waals surface area contributed by atoms with Crippen LogP contribution in [0.25, 0.3) is 11.4 Å². The van der Waals surface area contributed by atoms with Crippen molar-refractivity contribution in [3.05, 3.63) is 40.2 Å². The number of benzene rings is 1. The van der Waals surface area contributed by atoms with Crippen LogP contribution >= 0.6 is 12.2 Å². The van der Waals surface area contributed by atoms with Gasteiger partial charge in [-0.1, -0.05) is 12.2 Å². The van der Waals surface area contributed by atoms with Crippen LogP contribution in [-0.4, -0.2) is 23.6 Å². The number of hydrogen-bond donors (Lipinski definition) is 2. The van der Waals surface area contributed by atoms with E-state index >= 15 is 0 Å². The quantitative estimate of drug-likeness (QED) is 0.825. The molecule has 4 nitrogen and oxygen atoms in total. The van der Waals surface area contributed by atoms with Gasteiger partial charge < -0.3 is 15.0 Å². The number of aromatic amines is 1. The van der Waals surface area contributed by atoms with Crippen molar-refractivity contribution in [1.29, 1.82) is 0 Å². The number of nitrogens with one attached hydrogen (secondary N) is 2. The van der Waals surface area contributed by atoms with Crippen LogP contribution in [0, 0.1) is 4.64 Å². The third-order valence-corrected chi connectivity index (χ3v) is 3.66. The fraction of sp³-hybridized carbons (Fsp3) is 0.286. The molecule has 2 heterocycles. The zero-order valence-electron chi connectivity index (χ0n) is 10.7. The minimum Gasteiger partial charge on any atom is -0.497 e. The maximum Gasteiger partial charge on any atom is 0.139 e. The van der Waals surface area contributed by atoms with Crippen LogP contribution in [0.2, 0.25) is 0 Å². The zero-order valence-corrected chi connectivity index (χ0v) is 11.5. The summed E-state index contributed by atoms with van der Waals surface area (Å²) in [6.07, 6.45) is 0.963. The summed E-state index contributed by atoms with van der Waals surface area (Å²) in [4.78, 5) is 7.89. The maximum absolute atomic E-state index is 5.38. The van der Waals surface area contributed by atoms with E-state index in [0.717, 1.165) is 42.2 Å². The first-order chi connectivity index (χ1) is 9.28. The molecule has 0 radical (unpaired) electrons. The Balaban J connectivity index is 2.05. The van der Waals surface area contributed by atoms with Crippen molar-refractivity contribution in [3.63, 3.8) is 0 Å². The SMILES string of the molecule is COc1ccc(-c2nc(=S)c3c([nH]2)CCNC3)cc1. The smallest absolute Gasteiger partial charge is 0.139 e. The van der Waals surface area contributed by atoms with E-state index < -0.39 is 0 Å². The highest BCUT2D eigenvalue weighted by Gasteiger charge is 2.13. The molecule has 5 heteroatoms. The van der Waals surface area contributed by atoms with E-state index in [-0.39, 0.29) is 0 Å². The summed E-state index contributed by atoms with van der Waals surface area (Å²) in [6, 6.07) is 7.82. The molecule has 0 fully saturated rings. The van der Waals surface area contributed by atoms with E-state index in [2.05, 4.69) is 15.3 Å². The average Bonchev–Trinajstić information content (AvgIpc) is 2.47. The molecule has 2 aromatic rings. The number of H-pyrrole nitrogens is 1. The molecule has 3 rings (SSSR count). The molecule has 0 spiro atoms. The Hall–Kier alpha value is -1.72. The van der Waals surface area contributed by atoms with Gasteiger partial charge in [-0.15, -0.1) is 0 Å². The van der Waals surface area contributed by atoms with Crippen LogP contribution in [0.3, 0.4) is 0 Å². The highest BCUT2D eigenvalue weighted by atomic mass is 32.1. The number of rotatable bonds is 2. The van der Waals surface area contributed by atoms with Gasteiger partial charge >= 0.3 is 0 Å². The van der Waals surface area contributed by atoms with E-state index in [4.69, 9.17) is 17.0 Å². The molecule has 0 amide bonds. The molecule has 0 saturated carbocycles. The first kappa shape index (κ1) is 12.3. The van der Waals surface area contributed by atoms with Crippen LogP contribution in [0.5, 0.6) is 5.75 Å². The highest BCUT2D eigenvalue weighted by molar-refractivity contribution is 7.71. The van der Waals surface area contributed by atoms with Gasteiger partial charge in [-0.05, 0) is 24.3 Å². The van der Waals surface area contributed by atoms with E-state index in [9.17, 15) is 0 Å². The minimum absolute atomic E-state index is 0.687. The van der Waals surface area contributed by atoms with Gasteiger partial charge in [0.2, 0.25) is 0 Å². The van der Waals surface area contributed by atoms with Crippen LogP contribution < -0.4 is 10.1 Å². The molecule has 0 unspecified atom stereocenters. The topological polar surface area (TPSA) is 49.9 Å². The summed E-state index contributed by atoms with van der Waals surface area (Å²) in [7, 11) is 1.66. The van der Waals surface area contributed by atoms with E-state index in [1.54, 1.807) is 7.11 Å². The summed E-state index contributed by atoms with van der Waals surface area (Å²) in [5, 5.41) is 3.31. The largest absolute Gasteiger partial charge is 0.497 e. The van der Waals surface area contributed by atoms with Gasteiger partial charge in [0.1, 0.15) is 16.2 Å². The van der Waals surface area contributed by atoms with Gasteiger partial charge in [-0.3, -0.25) is 0 Å². The summed E-state index contributed by atoms with van der Waals surface area (Å²) >= 11 is 5.38. The van der Waals surface area contributed by atoms with Gasteiger partial charge in [0.15, 0.2) is 0 Å². The molecule has 0 saturated heterocycles. The molecule has 0 bridgehead atoms. The van der Waals surface area contributed by atoms with E-state index in [0.29, 0.717) is 4.64 Å². The first-order valence-electron chi connectivity index (χ1n) is 6.25. The Labute approximate surface area is 116 Å². The van der Waals surface area contributed by atoms with Crippen molar-refractivity contribution in [3.8, 4) is 17.1 Å². The molecule has 2 N–H and O–H groups in total. The first-order valence-corrected chi connectivity index (χ1v) is 6.66.